The van der Waals surface area contributed by atoms with Crippen LogP contribution in [0, 0.1) is 23.4 Å². The van der Waals surface area contributed by atoms with Crippen molar-refractivity contribution >= 4 is 6.29 Å². The van der Waals surface area contributed by atoms with Gasteiger partial charge in [-0.25, -0.2) is 17.9 Å². The van der Waals surface area contributed by atoms with Crippen molar-refractivity contribution in [1.29, 1.82) is 0 Å². The van der Waals surface area contributed by atoms with Gasteiger partial charge in [-0.15, -0.1) is 5.10 Å². The first-order chi connectivity index (χ1) is 9.95. The molecule has 0 unspecified atom stereocenters. The van der Waals surface area contributed by atoms with Gasteiger partial charge in [-0.2, -0.15) is 0 Å². The lowest BCUT2D eigenvalue weighted by Crippen LogP contribution is -2.07. The Bertz CT molecular complexity index is 668. The summed E-state index contributed by atoms with van der Waals surface area (Å²) in [6.45, 7) is 4.39. The van der Waals surface area contributed by atoms with Gasteiger partial charge in [-0.1, -0.05) is 19.1 Å². The van der Waals surface area contributed by atoms with E-state index in [1.54, 1.807) is 0 Å². The molecule has 0 saturated heterocycles. The summed E-state index contributed by atoms with van der Waals surface area (Å²) in [5.41, 5.74) is -0.282. The number of aldehydes is 1. The van der Waals surface area contributed by atoms with Gasteiger partial charge in [0, 0.05) is 12.1 Å². The van der Waals surface area contributed by atoms with Crippen LogP contribution in [0.2, 0.25) is 0 Å². The average molecular weight is 297 g/mol. The molecule has 0 fully saturated rings. The van der Waals surface area contributed by atoms with E-state index in [4.69, 9.17) is 0 Å². The van der Waals surface area contributed by atoms with Crippen LogP contribution in [0.1, 0.15) is 30.8 Å². The Morgan fingerprint density at radius 3 is 2.57 bits per heavy atom. The third-order valence-electron chi connectivity index (χ3n) is 3.08. The molecule has 0 N–H and O–H groups in total. The van der Waals surface area contributed by atoms with Crippen molar-refractivity contribution in [2.24, 2.45) is 5.92 Å². The molecule has 4 nitrogen and oxygen atoms in total. The number of aromatic nitrogens is 3. The number of hydrogen-bond acceptors (Lipinski definition) is 3. The molecule has 1 aromatic heterocycles. The Morgan fingerprint density at radius 2 is 1.95 bits per heavy atom. The van der Waals surface area contributed by atoms with Gasteiger partial charge in [0.1, 0.15) is 5.69 Å². The topological polar surface area (TPSA) is 47.8 Å². The summed E-state index contributed by atoms with van der Waals surface area (Å²) in [6, 6.07) is 1.88. The fourth-order valence-corrected chi connectivity index (χ4v) is 1.93. The van der Waals surface area contributed by atoms with Crippen LogP contribution in [0.5, 0.6) is 0 Å². The van der Waals surface area contributed by atoms with Crippen molar-refractivity contribution in [3.63, 3.8) is 0 Å². The number of halogens is 3. The van der Waals surface area contributed by atoms with E-state index in [0.29, 0.717) is 18.7 Å². The molecule has 0 saturated carbocycles. The van der Waals surface area contributed by atoms with Gasteiger partial charge in [-0.05, 0) is 24.5 Å². The van der Waals surface area contributed by atoms with Crippen LogP contribution in [0.4, 0.5) is 13.2 Å². The third kappa shape index (κ3) is 2.96. The molecule has 0 spiro atoms. The standard InChI is InChI=1S/C14H14F3N3O/c1-8(2)5-6-20-14(11(7-21)18-19-20)9-3-4-10(15)13(17)12(9)16/h3-4,7-8H,5-6H2,1-2H3. The summed E-state index contributed by atoms with van der Waals surface area (Å²) in [5, 5.41) is 7.43. The van der Waals surface area contributed by atoms with Crippen molar-refractivity contribution < 1.29 is 18.0 Å². The molecule has 1 heterocycles. The second-order valence-corrected chi connectivity index (χ2v) is 5.07. The molecule has 0 aliphatic rings. The van der Waals surface area contributed by atoms with E-state index in [1.165, 1.54) is 4.68 Å². The van der Waals surface area contributed by atoms with Gasteiger partial charge in [0.25, 0.3) is 0 Å². The van der Waals surface area contributed by atoms with Crippen LogP contribution in [0.3, 0.4) is 0 Å². The van der Waals surface area contributed by atoms with Crippen LogP contribution in [0.15, 0.2) is 12.1 Å². The highest BCUT2D eigenvalue weighted by Crippen LogP contribution is 2.27. The maximum Gasteiger partial charge on any atom is 0.195 e. The fourth-order valence-electron chi connectivity index (χ4n) is 1.93. The summed E-state index contributed by atoms with van der Waals surface area (Å²) >= 11 is 0. The van der Waals surface area contributed by atoms with E-state index < -0.39 is 17.5 Å². The van der Waals surface area contributed by atoms with Crippen molar-refractivity contribution in [3.8, 4) is 11.3 Å². The fraction of sp³-hybridized carbons (Fsp3) is 0.357. The minimum atomic E-state index is -1.58. The lowest BCUT2D eigenvalue weighted by atomic mass is 10.1. The summed E-state index contributed by atoms with van der Waals surface area (Å²) in [4.78, 5) is 11.0. The van der Waals surface area contributed by atoms with Gasteiger partial charge < -0.3 is 0 Å². The number of aryl methyl sites for hydroxylation is 1. The Balaban J connectivity index is 2.54. The van der Waals surface area contributed by atoms with E-state index in [-0.39, 0.29) is 17.0 Å². The predicted molar refractivity (Wildman–Crippen MR) is 70.2 cm³/mol. The molecule has 2 aromatic rings. The Hall–Kier alpha value is -2.18. The zero-order chi connectivity index (χ0) is 15.6. The largest absolute Gasteiger partial charge is 0.296 e. The summed E-state index contributed by atoms with van der Waals surface area (Å²) in [5.74, 6) is -3.87. The molecule has 21 heavy (non-hydrogen) atoms. The molecule has 7 heteroatoms. The summed E-state index contributed by atoms with van der Waals surface area (Å²) in [6.07, 6.45) is 1.13. The highest BCUT2D eigenvalue weighted by molar-refractivity contribution is 5.83. The smallest absolute Gasteiger partial charge is 0.195 e. The van der Waals surface area contributed by atoms with E-state index in [0.717, 1.165) is 18.6 Å². The minimum absolute atomic E-state index is 0.0575. The van der Waals surface area contributed by atoms with E-state index in [2.05, 4.69) is 10.3 Å². The van der Waals surface area contributed by atoms with E-state index in [1.807, 2.05) is 13.8 Å². The van der Waals surface area contributed by atoms with Crippen molar-refractivity contribution in [1.82, 2.24) is 15.0 Å². The second-order valence-electron chi connectivity index (χ2n) is 5.07. The van der Waals surface area contributed by atoms with Crippen LogP contribution in [-0.2, 0) is 6.54 Å². The molecular formula is C14H14F3N3O. The van der Waals surface area contributed by atoms with Gasteiger partial charge in [0.15, 0.2) is 29.4 Å². The Labute approximate surface area is 119 Å². The predicted octanol–water partition coefficient (Wildman–Crippen LogP) is 3.22. The maximum absolute atomic E-state index is 13.9. The molecule has 1 aromatic carbocycles. The van der Waals surface area contributed by atoms with Crippen LogP contribution in [-0.4, -0.2) is 21.3 Å². The highest BCUT2D eigenvalue weighted by atomic mass is 19.2. The van der Waals surface area contributed by atoms with E-state index in [9.17, 15) is 18.0 Å². The highest BCUT2D eigenvalue weighted by Gasteiger charge is 2.22. The maximum atomic E-state index is 13.9. The molecular weight excluding hydrogens is 283 g/mol. The van der Waals surface area contributed by atoms with Crippen molar-refractivity contribution in [3.05, 3.63) is 35.3 Å². The summed E-state index contributed by atoms with van der Waals surface area (Å²) in [7, 11) is 0. The normalized spacial score (nSPS) is 11.1. The average Bonchev–Trinajstić information content (AvgIpc) is 2.85. The number of nitrogens with zero attached hydrogens (tertiary/aromatic N) is 3. The quantitative estimate of drug-likeness (QED) is 0.629. The number of benzene rings is 1. The number of carbonyl (C=O) groups is 1. The molecule has 112 valence electrons. The Morgan fingerprint density at radius 1 is 1.24 bits per heavy atom. The Kier molecular flexibility index (Phi) is 4.40. The van der Waals surface area contributed by atoms with Gasteiger partial charge in [-0.3, -0.25) is 4.79 Å². The van der Waals surface area contributed by atoms with Crippen LogP contribution in [0.25, 0.3) is 11.3 Å². The zero-order valence-electron chi connectivity index (χ0n) is 11.6. The molecule has 0 amide bonds. The summed E-state index contributed by atoms with van der Waals surface area (Å²) < 4.78 is 41.6. The lowest BCUT2D eigenvalue weighted by Gasteiger charge is -2.10. The number of rotatable bonds is 5. The van der Waals surface area contributed by atoms with Gasteiger partial charge in [0.2, 0.25) is 0 Å². The number of carbonyl (C=O) groups excluding carboxylic acids is 1. The van der Waals surface area contributed by atoms with E-state index >= 15 is 0 Å². The minimum Gasteiger partial charge on any atom is -0.296 e. The first-order valence-electron chi connectivity index (χ1n) is 6.48. The van der Waals surface area contributed by atoms with Gasteiger partial charge >= 0.3 is 0 Å². The lowest BCUT2D eigenvalue weighted by molar-refractivity contribution is 0.111. The molecule has 0 aliphatic heterocycles. The number of hydrogen-bond donors (Lipinski definition) is 0. The molecule has 0 aliphatic carbocycles. The third-order valence-corrected chi connectivity index (χ3v) is 3.08. The van der Waals surface area contributed by atoms with Gasteiger partial charge in [0.05, 0.1) is 0 Å². The molecule has 0 bridgehead atoms. The first kappa shape index (κ1) is 15.2. The molecule has 0 atom stereocenters. The first-order valence-corrected chi connectivity index (χ1v) is 6.48. The van der Waals surface area contributed by atoms with Crippen LogP contribution >= 0.6 is 0 Å². The van der Waals surface area contributed by atoms with Crippen molar-refractivity contribution in [2.75, 3.05) is 0 Å². The monoisotopic (exact) mass is 297 g/mol. The SMILES string of the molecule is CC(C)CCn1nnc(C=O)c1-c1ccc(F)c(F)c1F. The van der Waals surface area contributed by atoms with Crippen LogP contribution < -0.4 is 0 Å². The van der Waals surface area contributed by atoms with Crippen molar-refractivity contribution in [2.45, 2.75) is 26.8 Å². The zero-order valence-corrected chi connectivity index (χ0v) is 11.6. The second kappa shape index (κ2) is 6.07. The molecule has 0 radical (unpaired) electrons. The molecule has 2 rings (SSSR count).